The number of carbonyl (C=O) groups excluding carboxylic acids is 2. The lowest BCUT2D eigenvalue weighted by Gasteiger charge is -2.27. The van der Waals surface area contributed by atoms with Crippen molar-refractivity contribution in [3.05, 3.63) is 78.0 Å². The van der Waals surface area contributed by atoms with E-state index in [-0.39, 0.29) is 11.3 Å². The van der Waals surface area contributed by atoms with Crippen LogP contribution in [0.25, 0.3) is 0 Å². The third kappa shape index (κ3) is 4.25. The third-order valence-corrected chi connectivity index (χ3v) is 4.58. The molecule has 1 aromatic carbocycles. The molecule has 1 amide bonds. The number of rotatable bonds is 10. The molecule has 1 aliphatic rings. The van der Waals surface area contributed by atoms with E-state index in [4.69, 9.17) is 13.9 Å². The molecule has 1 N–H and O–H groups in total. The average molecular weight is 397 g/mol. The minimum atomic E-state index is -0.760. The van der Waals surface area contributed by atoms with Crippen LogP contribution in [0, 0.1) is 0 Å². The summed E-state index contributed by atoms with van der Waals surface area (Å²) in [6, 6.07) is 9.41. The minimum absolute atomic E-state index is 0.0109. The second-order valence-electron chi connectivity index (χ2n) is 6.49. The first-order chi connectivity index (χ1) is 14.1. The molecular weight excluding hydrogens is 374 g/mol. The molecule has 2 aromatic rings. The van der Waals surface area contributed by atoms with Crippen LogP contribution in [0.5, 0.6) is 5.75 Å². The predicted molar refractivity (Wildman–Crippen MR) is 106 cm³/mol. The summed E-state index contributed by atoms with van der Waals surface area (Å²) in [5.74, 6) is -1.06. The van der Waals surface area contributed by atoms with Crippen molar-refractivity contribution in [1.82, 2.24) is 4.90 Å². The van der Waals surface area contributed by atoms with Crippen molar-refractivity contribution in [2.45, 2.75) is 12.5 Å². The zero-order chi connectivity index (χ0) is 20.8. The first-order valence-electron chi connectivity index (χ1n) is 9.23. The molecule has 7 nitrogen and oxygen atoms in total. The second kappa shape index (κ2) is 9.25. The average Bonchev–Trinajstić information content (AvgIpc) is 3.35. The number of aliphatic hydroxyl groups is 1. The topological polar surface area (TPSA) is 89.2 Å². The van der Waals surface area contributed by atoms with Gasteiger partial charge in [0.1, 0.15) is 12.4 Å². The van der Waals surface area contributed by atoms with Crippen molar-refractivity contribution in [3.8, 4) is 5.75 Å². The van der Waals surface area contributed by atoms with E-state index in [1.165, 1.54) is 17.2 Å². The molecule has 152 valence electrons. The predicted octanol–water partition coefficient (Wildman–Crippen LogP) is 3.46. The van der Waals surface area contributed by atoms with Gasteiger partial charge in [-0.2, -0.15) is 0 Å². The SMILES string of the molecule is C=CCOc1cccc(C2C(C(=O)c3ccco3)=C(O)C(=O)N2CCCOC)c1. The first kappa shape index (κ1) is 20.4. The van der Waals surface area contributed by atoms with Gasteiger partial charge in [0.2, 0.25) is 5.78 Å². The summed E-state index contributed by atoms with van der Waals surface area (Å²) < 4.78 is 15.9. The molecule has 0 radical (unpaired) electrons. The Balaban J connectivity index is 2.01. The Bertz CT molecular complexity index is 915. The van der Waals surface area contributed by atoms with Crippen LogP contribution in [-0.4, -0.2) is 48.6 Å². The Kier molecular flexibility index (Phi) is 6.51. The van der Waals surface area contributed by atoms with Crippen LogP contribution in [-0.2, 0) is 9.53 Å². The summed E-state index contributed by atoms with van der Waals surface area (Å²) >= 11 is 0. The van der Waals surface area contributed by atoms with Crippen LogP contribution in [0.2, 0.25) is 0 Å². The Morgan fingerprint density at radius 2 is 2.17 bits per heavy atom. The molecule has 3 rings (SSSR count). The van der Waals surface area contributed by atoms with E-state index >= 15 is 0 Å². The number of amides is 1. The number of methoxy groups -OCH3 is 1. The van der Waals surface area contributed by atoms with Crippen molar-refractivity contribution in [2.75, 3.05) is 26.9 Å². The van der Waals surface area contributed by atoms with Crippen LogP contribution in [0.1, 0.15) is 28.6 Å². The maximum Gasteiger partial charge on any atom is 0.290 e. The zero-order valence-corrected chi connectivity index (χ0v) is 16.2. The van der Waals surface area contributed by atoms with Gasteiger partial charge in [-0.15, -0.1) is 0 Å². The van der Waals surface area contributed by atoms with Gasteiger partial charge in [0.05, 0.1) is 17.9 Å². The van der Waals surface area contributed by atoms with Gasteiger partial charge in [0, 0.05) is 20.3 Å². The molecule has 7 heteroatoms. The van der Waals surface area contributed by atoms with Gasteiger partial charge >= 0.3 is 0 Å². The van der Waals surface area contributed by atoms with Crippen molar-refractivity contribution < 1.29 is 28.6 Å². The number of ether oxygens (including phenoxy) is 2. The molecule has 0 saturated heterocycles. The van der Waals surface area contributed by atoms with E-state index < -0.39 is 23.5 Å². The highest BCUT2D eigenvalue weighted by Crippen LogP contribution is 2.40. The van der Waals surface area contributed by atoms with Gasteiger partial charge in [0.15, 0.2) is 11.5 Å². The van der Waals surface area contributed by atoms with Crippen LogP contribution in [0.4, 0.5) is 0 Å². The van der Waals surface area contributed by atoms with E-state index in [0.29, 0.717) is 37.5 Å². The van der Waals surface area contributed by atoms with E-state index in [2.05, 4.69) is 6.58 Å². The fourth-order valence-corrected chi connectivity index (χ4v) is 3.31. The molecule has 1 aromatic heterocycles. The van der Waals surface area contributed by atoms with Crippen LogP contribution >= 0.6 is 0 Å². The number of ketones is 1. The molecule has 0 aliphatic carbocycles. The van der Waals surface area contributed by atoms with Gasteiger partial charge in [-0.3, -0.25) is 9.59 Å². The smallest absolute Gasteiger partial charge is 0.290 e. The molecule has 0 saturated carbocycles. The van der Waals surface area contributed by atoms with Crippen LogP contribution < -0.4 is 4.74 Å². The van der Waals surface area contributed by atoms with Gasteiger partial charge in [-0.1, -0.05) is 24.8 Å². The van der Waals surface area contributed by atoms with Crippen molar-refractivity contribution in [1.29, 1.82) is 0 Å². The molecule has 1 aliphatic heterocycles. The summed E-state index contributed by atoms with van der Waals surface area (Å²) in [6.07, 6.45) is 3.55. The lowest BCUT2D eigenvalue weighted by atomic mass is 9.95. The molecule has 29 heavy (non-hydrogen) atoms. The highest BCUT2D eigenvalue weighted by Gasteiger charge is 2.44. The highest BCUT2D eigenvalue weighted by molar-refractivity contribution is 6.15. The zero-order valence-electron chi connectivity index (χ0n) is 16.2. The maximum atomic E-state index is 13.0. The van der Waals surface area contributed by atoms with Gasteiger partial charge < -0.3 is 23.9 Å². The number of Topliss-reactive ketones (excluding diaryl/α,β-unsaturated/α-hetero) is 1. The van der Waals surface area contributed by atoms with E-state index in [1.54, 1.807) is 43.5 Å². The number of aliphatic hydroxyl groups excluding tert-OH is 1. The number of nitrogens with zero attached hydrogens (tertiary/aromatic N) is 1. The van der Waals surface area contributed by atoms with E-state index in [9.17, 15) is 14.7 Å². The lowest BCUT2D eigenvalue weighted by Crippen LogP contribution is -2.32. The number of furan rings is 1. The fourth-order valence-electron chi connectivity index (χ4n) is 3.31. The summed E-state index contributed by atoms with van der Waals surface area (Å²) in [4.78, 5) is 27.3. The summed E-state index contributed by atoms with van der Waals surface area (Å²) in [5.41, 5.74) is 0.638. The minimum Gasteiger partial charge on any atom is -0.503 e. The van der Waals surface area contributed by atoms with E-state index in [1.807, 2.05) is 0 Å². The quantitative estimate of drug-likeness (QED) is 0.375. The first-order valence-corrected chi connectivity index (χ1v) is 9.23. The van der Waals surface area contributed by atoms with Crippen molar-refractivity contribution in [2.24, 2.45) is 0 Å². The largest absolute Gasteiger partial charge is 0.503 e. The summed E-state index contributed by atoms with van der Waals surface area (Å²) in [7, 11) is 1.57. The standard InChI is InChI=1S/C22H23NO6/c1-3-11-28-16-8-4-7-15(14-16)19-18(20(24)17-9-5-13-29-17)21(25)22(26)23(19)10-6-12-27-2/h3-5,7-9,13-14,19,25H,1,6,10-12H2,2H3. The molecule has 2 heterocycles. The molecule has 0 spiro atoms. The second-order valence-corrected chi connectivity index (χ2v) is 6.49. The van der Waals surface area contributed by atoms with E-state index in [0.717, 1.165) is 0 Å². The van der Waals surface area contributed by atoms with Gasteiger partial charge in [0.25, 0.3) is 5.91 Å². The number of carbonyl (C=O) groups is 2. The molecule has 0 fully saturated rings. The lowest BCUT2D eigenvalue weighted by molar-refractivity contribution is -0.129. The Morgan fingerprint density at radius 3 is 2.86 bits per heavy atom. The van der Waals surface area contributed by atoms with Gasteiger partial charge in [-0.25, -0.2) is 0 Å². The maximum absolute atomic E-state index is 13.0. The molecular formula is C22H23NO6. The van der Waals surface area contributed by atoms with Crippen LogP contribution in [0.3, 0.4) is 0 Å². The molecule has 0 bridgehead atoms. The molecule has 1 unspecified atom stereocenters. The summed E-state index contributed by atoms with van der Waals surface area (Å²) in [5, 5.41) is 10.5. The Morgan fingerprint density at radius 1 is 1.34 bits per heavy atom. The van der Waals surface area contributed by atoms with Crippen molar-refractivity contribution >= 4 is 11.7 Å². The fraction of sp³-hybridized carbons (Fsp3) is 0.273. The van der Waals surface area contributed by atoms with Gasteiger partial charge in [-0.05, 0) is 36.2 Å². The Labute approximate surface area is 168 Å². The number of hydrogen-bond acceptors (Lipinski definition) is 6. The van der Waals surface area contributed by atoms with Crippen LogP contribution in [0.15, 0.2) is 71.1 Å². The monoisotopic (exact) mass is 397 g/mol. The third-order valence-electron chi connectivity index (χ3n) is 4.58. The Hall–Kier alpha value is -3.32. The molecule has 1 atom stereocenters. The van der Waals surface area contributed by atoms with Crippen molar-refractivity contribution in [3.63, 3.8) is 0 Å². The number of hydrogen-bond donors (Lipinski definition) is 1. The number of benzene rings is 1. The highest BCUT2D eigenvalue weighted by atomic mass is 16.5. The summed E-state index contributed by atoms with van der Waals surface area (Å²) in [6.45, 7) is 4.71. The normalized spacial score (nSPS) is 16.4.